The highest BCUT2D eigenvalue weighted by atomic mass is 32.2. The van der Waals surface area contributed by atoms with E-state index in [0.29, 0.717) is 30.2 Å². The Morgan fingerprint density at radius 3 is 2.60 bits per heavy atom. The molecule has 35 heavy (non-hydrogen) atoms. The van der Waals surface area contributed by atoms with Crippen LogP contribution in [0, 0.1) is 12.7 Å². The Kier molecular flexibility index (Phi) is 7.32. The molecule has 1 aliphatic rings. The van der Waals surface area contributed by atoms with Crippen LogP contribution in [-0.4, -0.2) is 46.5 Å². The van der Waals surface area contributed by atoms with Crippen molar-refractivity contribution in [1.82, 2.24) is 19.1 Å². The van der Waals surface area contributed by atoms with Crippen molar-refractivity contribution in [3.63, 3.8) is 0 Å². The van der Waals surface area contributed by atoms with Crippen LogP contribution in [0.2, 0.25) is 0 Å². The molecule has 0 saturated heterocycles. The predicted octanol–water partition coefficient (Wildman–Crippen LogP) is 4.40. The fourth-order valence-corrected chi connectivity index (χ4v) is 5.86. The Morgan fingerprint density at radius 2 is 1.86 bits per heavy atom. The number of rotatable bonds is 7. The molecule has 0 atom stereocenters. The Labute approximate surface area is 205 Å². The van der Waals surface area contributed by atoms with E-state index < -0.39 is 21.7 Å². The quantitative estimate of drug-likeness (QED) is 0.520. The number of hydrogen-bond acceptors (Lipinski definition) is 5. The number of anilines is 1. The van der Waals surface area contributed by atoms with Crippen molar-refractivity contribution >= 4 is 21.6 Å². The zero-order valence-corrected chi connectivity index (χ0v) is 21.0. The molecule has 186 valence electrons. The first-order valence-electron chi connectivity index (χ1n) is 11.9. The Balaban J connectivity index is 1.64. The van der Waals surface area contributed by atoms with Crippen LogP contribution in [0.5, 0.6) is 0 Å². The van der Waals surface area contributed by atoms with Crippen molar-refractivity contribution in [2.75, 3.05) is 18.4 Å². The normalized spacial score (nSPS) is 14.0. The molecule has 1 N–H and O–H groups in total. The van der Waals surface area contributed by atoms with Crippen LogP contribution in [-0.2, 0) is 23.0 Å². The maximum atomic E-state index is 14.8. The highest BCUT2D eigenvalue weighted by Crippen LogP contribution is 2.28. The van der Waals surface area contributed by atoms with Crippen molar-refractivity contribution in [2.24, 2.45) is 0 Å². The molecule has 0 unspecified atom stereocenters. The lowest BCUT2D eigenvalue weighted by atomic mass is 10.1. The Morgan fingerprint density at radius 1 is 1.09 bits per heavy atom. The second-order valence-electron chi connectivity index (χ2n) is 8.62. The van der Waals surface area contributed by atoms with E-state index in [1.165, 1.54) is 28.6 Å². The summed E-state index contributed by atoms with van der Waals surface area (Å²) in [5, 5.41) is 11.3. The molecule has 1 aromatic heterocycles. The van der Waals surface area contributed by atoms with Gasteiger partial charge in [-0.3, -0.25) is 4.79 Å². The number of hydrogen-bond donors (Lipinski definition) is 1. The van der Waals surface area contributed by atoms with E-state index >= 15 is 0 Å². The van der Waals surface area contributed by atoms with Crippen LogP contribution in [0.4, 0.5) is 10.1 Å². The number of carbonyl (C=O) groups is 1. The molecule has 2 aromatic carbocycles. The molecule has 0 bridgehead atoms. The van der Waals surface area contributed by atoms with Gasteiger partial charge in [-0.2, -0.15) is 4.31 Å². The van der Waals surface area contributed by atoms with Crippen LogP contribution in [0.25, 0.3) is 11.4 Å². The number of aromatic nitrogens is 3. The summed E-state index contributed by atoms with van der Waals surface area (Å²) in [6, 6.07) is 8.82. The topological polar surface area (TPSA) is 97.2 Å². The molecule has 0 spiro atoms. The van der Waals surface area contributed by atoms with Crippen molar-refractivity contribution in [1.29, 1.82) is 0 Å². The van der Waals surface area contributed by atoms with Gasteiger partial charge in [0.25, 0.3) is 5.91 Å². The third-order valence-electron chi connectivity index (χ3n) is 6.37. The lowest BCUT2D eigenvalue weighted by Gasteiger charge is -2.19. The van der Waals surface area contributed by atoms with E-state index in [1.54, 1.807) is 32.9 Å². The largest absolute Gasteiger partial charge is 0.322 e. The molecule has 4 rings (SSSR count). The summed E-state index contributed by atoms with van der Waals surface area (Å²) in [6.45, 7) is 6.66. The number of nitrogens with one attached hydrogen (secondary N) is 1. The predicted molar refractivity (Wildman–Crippen MR) is 132 cm³/mol. The monoisotopic (exact) mass is 499 g/mol. The van der Waals surface area contributed by atoms with E-state index in [0.717, 1.165) is 38.1 Å². The number of nitrogens with zero attached hydrogens (tertiary/aromatic N) is 4. The number of halogens is 1. The molecule has 8 nitrogen and oxygen atoms in total. The fraction of sp³-hybridized carbons (Fsp3) is 0.400. The SMILES string of the molecule is CCN(CC)S(=O)(=O)c1ccc(C)c(C(=O)Nc2ccc(F)c(-c3nnc4n3CCCCC4)c2)c1. The van der Waals surface area contributed by atoms with Crippen molar-refractivity contribution in [3.8, 4) is 11.4 Å². The molecule has 1 amide bonds. The zero-order valence-electron chi connectivity index (χ0n) is 20.2. The van der Waals surface area contributed by atoms with Gasteiger partial charge in [0.2, 0.25) is 10.0 Å². The van der Waals surface area contributed by atoms with Crippen LogP contribution >= 0.6 is 0 Å². The first-order valence-corrected chi connectivity index (χ1v) is 13.3. The first-order chi connectivity index (χ1) is 16.8. The molecule has 1 aliphatic heterocycles. The molecule has 2 heterocycles. The minimum absolute atomic E-state index is 0.0582. The van der Waals surface area contributed by atoms with Crippen molar-refractivity contribution in [3.05, 3.63) is 59.2 Å². The summed E-state index contributed by atoms with van der Waals surface area (Å²) in [5.74, 6) is 0.356. The molecule has 10 heteroatoms. The second kappa shape index (κ2) is 10.2. The van der Waals surface area contributed by atoms with E-state index in [2.05, 4.69) is 15.5 Å². The highest BCUT2D eigenvalue weighted by molar-refractivity contribution is 7.89. The molecular weight excluding hydrogens is 469 g/mol. The number of aryl methyl sites for hydroxylation is 2. The second-order valence-corrected chi connectivity index (χ2v) is 10.6. The summed E-state index contributed by atoms with van der Waals surface area (Å²) >= 11 is 0. The van der Waals surface area contributed by atoms with Gasteiger partial charge in [0.05, 0.1) is 10.5 Å². The Hall–Kier alpha value is -3.11. The number of fused-ring (bicyclic) bond motifs is 1. The highest BCUT2D eigenvalue weighted by Gasteiger charge is 2.24. The van der Waals surface area contributed by atoms with Crippen molar-refractivity contribution < 1.29 is 17.6 Å². The standard InChI is InChI=1S/C25H30FN5O3S/c1-4-30(5-2)35(33,34)19-12-10-17(3)20(16-19)25(32)27-18-11-13-22(26)21(15-18)24-29-28-23-9-7-6-8-14-31(23)24/h10-13,15-16H,4-9,14H2,1-3H3,(H,27,32). The minimum Gasteiger partial charge on any atom is -0.322 e. The number of sulfonamides is 1. The van der Waals surface area contributed by atoms with Gasteiger partial charge in [0.1, 0.15) is 11.6 Å². The van der Waals surface area contributed by atoms with E-state index in [-0.39, 0.29) is 16.0 Å². The molecule has 0 saturated carbocycles. The minimum atomic E-state index is -3.71. The van der Waals surface area contributed by atoms with Crippen LogP contribution in [0.15, 0.2) is 41.3 Å². The maximum absolute atomic E-state index is 14.8. The average Bonchev–Trinajstić information content (AvgIpc) is 3.08. The summed E-state index contributed by atoms with van der Waals surface area (Å²) < 4.78 is 43.9. The number of benzene rings is 2. The molecular formula is C25H30FN5O3S. The summed E-state index contributed by atoms with van der Waals surface area (Å²) in [7, 11) is -3.71. The van der Waals surface area contributed by atoms with Gasteiger partial charge < -0.3 is 9.88 Å². The molecule has 0 aliphatic carbocycles. The first kappa shape index (κ1) is 25.0. The maximum Gasteiger partial charge on any atom is 0.255 e. The van der Waals surface area contributed by atoms with Gasteiger partial charge in [0, 0.05) is 37.3 Å². The van der Waals surface area contributed by atoms with Crippen molar-refractivity contribution in [2.45, 2.75) is 57.9 Å². The molecule has 0 radical (unpaired) electrons. The lowest BCUT2D eigenvalue weighted by molar-refractivity contribution is 0.102. The summed E-state index contributed by atoms with van der Waals surface area (Å²) in [4.78, 5) is 13.2. The fourth-order valence-electron chi connectivity index (χ4n) is 4.38. The van der Waals surface area contributed by atoms with Crippen LogP contribution < -0.4 is 5.32 Å². The van der Waals surface area contributed by atoms with Gasteiger partial charge in [-0.25, -0.2) is 12.8 Å². The summed E-state index contributed by atoms with van der Waals surface area (Å²) in [6.07, 6.45) is 3.89. The van der Waals surface area contributed by atoms with Gasteiger partial charge >= 0.3 is 0 Å². The summed E-state index contributed by atoms with van der Waals surface area (Å²) in [5.41, 5.74) is 1.51. The lowest BCUT2D eigenvalue weighted by Crippen LogP contribution is -2.30. The van der Waals surface area contributed by atoms with E-state index in [1.807, 2.05) is 4.57 Å². The zero-order chi connectivity index (χ0) is 25.2. The van der Waals surface area contributed by atoms with Gasteiger partial charge in [-0.15, -0.1) is 10.2 Å². The Bertz CT molecular complexity index is 1350. The van der Waals surface area contributed by atoms with Crippen LogP contribution in [0.1, 0.15) is 54.9 Å². The third kappa shape index (κ3) is 4.99. The van der Waals surface area contributed by atoms with Gasteiger partial charge in [0.15, 0.2) is 5.82 Å². The third-order valence-corrected chi connectivity index (χ3v) is 8.42. The smallest absolute Gasteiger partial charge is 0.255 e. The van der Waals surface area contributed by atoms with Crippen LogP contribution in [0.3, 0.4) is 0 Å². The van der Waals surface area contributed by atoms with E-state index in [9.17, 15) is 17.6 Å². The number of carbonyl (C=O) groups excluding carboxylic acids is 1. The molecule has 3 aromatic rings. The van der Waals surface area contributed by atoms with Gasteiger partial charge in [-0.1, -0.05) is 26.3 Å². The van der Waals surface area contributed by atoms with E-state index in [4.69, 9.17) is 0 Å². The molecule has 0 fully saturated rings. The number of amides is 1. The average molecular weight is 500 g/mol. The van der Waals surface area contributed by atoms with Gasteiger partial charge in [-0.05, 0) is 55.7 Å².